The summed E-state index contributed by atoms with van der Waals surface area (Å²) in [4.78, 5) is 36.6. The maximum absolute atomic E-state index is 12.3. The topological polar surface area (TPSA) is 90.9 Å². The Hall–Kier alpha value is -3.35. The van der Waals surface area contributed by atoms with Crippen molar-refractivity contribution in [3.8, 4) is 0 Å². The Morgan fingerprint density at radius 2 is 1.37 bits per heavy atom. The van der Waals surface area contributed by atoms with E-state index in [4.69, 9.17) is 14.2 Å². The number of carbonyl (C=O) groups excluding carboxylic acids is 3. The number of rotatable bonds is 7. The molecule has 7 nitrogen and oxygen atoms in total. The molecule has 0 aliphatic carbocycles. The van der Waals surface area contributed by atoms with Crippen LogP contribution in [0.3, 0.4) is 0 Å². The van der Waals surface area contributed by atoms with E-state index < -0.39 is 30.0 Å². The van der Waals surface area contributed by atoms with Crippen molar-refractivity contribution in [2.45, 2.75) is 12.6 Å². The number of hydrogen-bond acceptors (Lipinski definition) is 6. The molecule has 0 heterocycles. The molecule has 7 heteroatoms. The van der Waals surface area contributed by atoms with E-state index in [-0.39, 0.29) is 6.61 Å². The summed E-state index contributed by atoms with van der Waals surface area (Å²) in [6.45, 7) is 0.0509. The number of esters is 2. The summed E-state index contributed by atoms with van der Waals surface area (Å²) in [7, 11) is 2.32. The number of ether oxygens (including phenoxy) is 3. The second-order valence-corrected chi connectivity index (χ2v) is 5.62. The largest absolute Gasteiger partial charge is 0.468 e. The summed E-state index contributed by atoms with van der Waals surface area (Å²) < 4.78 is 14.6. The highest BCUT2D eigenvalue weighted by Gasteiger charge is 2.39. The van der Waals surface area contributed by atoms with Crippen molar-refractivity contribution < 1.29 is 28.6 Å². The lowest BCUT2D eigenvalue weighted by atomic mass is 9.93. The van der Waals surface area contributed by atoms with E-state index in [2.05, 4.69) is 5.32 Å². The van der Waals surface area contributed by atoms with E-state index in [1.54, 1.807) is 30.3 Å². The molecule has 0 aliphatic rings. The number of hydrogen-bond donors (Lipinski definition) is 1. The monoisotopic (exact) mass is 371 g/mol. The van der Waals surface area contributed by atoms with Crippen molar-refractivity contribution >= 4 is 18.0 Å². The van der Waals surface area contributed by atoms with Crippen molar-refractivity contribution in [2.24, 2.45) is 5.92 Å². The SMILES string of the molecule is COC(=O)C(C(=O)OC)[C@H](NC(=O)OCc1ccccc1)c1ccccc1. The highest BCUT2D eigenvalue weighted by Crippen LogP contribution is 2.25. The smallest absolute Gasteiger partial charge is 0.407 e. The summed E-state index contributed by atoms with van der Waals surface area (Å²) in [6.07, 6.45) is -0.773. The zero-order valence-electron chi connectivity index (χ0n) is 15.1. The van der Waals surface area contributed by atoms with E-state index >= 15 is 0 Å². The number of carbonyl (C=O) groups is 3. The minimum Gasteiger partial charge on any atom is -0.468 e. The first kappa shape index (κ1) is 20.0. The van der Waals surface area contributed by atoms with Gasteiger partial charge in [-0.3, -0.25) is 9.59 Å². The Kier molecular flexibility index (Phi) is 7.37. The molecular formula is C20H21NO6. The van der Waals surface area contributed by atoms with Gasteiger partial charge in [-0.2, -0.15) is 0 Å². The Morgan fingerprint density at radius 3 is 1.89 bits per heavy atom. The summed E-state index contributed by atoms with van der Waals surface area (Å²) in [5, 5.41) is 2.57. The van der Waals surface area contributed by atoms with Gasteiger partial charge in [0, 0.05) is 0 Å². The molecule has 0 spiro atoms. The predicted molar refractivity (Wildman–Crippen MR) is 96.5 cm³/mol. The fourth-order valence-corrected chi connectivity index (χ4v) is 2.53. The van der Waals surface area contributed by atoms with Crippen LogP contribution in [-0.4, -0.2) is 32.3 Å². The molecule has 0 aliphatic heterocycles. The van der Waals surface area contributed by atoms with Gasteiger partial charge in [0.05, 0.1) is 20.3 Å². The molecule has 0 radical (unpaired) electrons. The Morgan fingerprint density at radius 1 is 0.852 bits per heavy atom. The normalized spacial score (nSPS) is 11.4. The van der Waals surface area contributed by atoms with Gasteiger partial charge >= 0.3 is 18.0 Å². The third kappa shape index (κ3) is 5.57. The quantitative estimate of drug-likeness (QED) is 0.457. The van der Waals surface area contributed by atoms with E-state index in [0.29, 0.717) is 5.56 Å². The van der Waals surface area contributed by atoms with Crippen LogP contribution in [0.1, 0.15) is 17.2 Å². The first-order chi connectivity index (χ1) is 13.1. The standard InChI is InChI=1S/C20H21NO6/c1-25-18(22)16(19(23)26-2)17(15-11-7-4-8-12-15)21-20(24)27-13-14-9-5-3-6-10-14/h3-12,16-17H,13H2,1-2H3,(H,21,24)/t17-/m1/s1. The molecule has 0 unspecified atom stereocenters. The fraction of sp³-hybridized carbons (Fsp3) is 0.250. The van der Waals surface area contributed by atoms with Crippen LogP contribution >= 0.6 is 0 Å². The summed E-state index contributed by atoms with van der Waals surface area (Å²) in [5.41, 5.74) is 1.34. The lowest BCUT2D eigenvalue weighted by Gasteiger charge is -2.24. The Bertz CT molecular complexity index is 747. The molecule has 27 heavy (non-hydrogen) atoms. The second kappa shape index (κ2) is 9.96. The van der Waals surface area contributed by atoms with Crippen LogP contribution in [-0.2, 0) is 30.4 Å². The first-order valence-corrected chi connectivity index (χ1v) is 8.24. The summed E-state index contributed by atoms with van der Waals surface area (Å²) >= 11 is 0. The van der Waals surface area contributed by atoms with Crippen molar-refractivity contribution in [3.63, 3.8) is 0 Å². The molecule has 0 saturated heterocycles. The number of benzene rings is 2. The van der Waals surface area contributed by atoms with Crippen molar-refractivity contribution in [3.05, 3.63) is 71.8 Å². The van der Waals surface area contributed by atoms with E-state index in [1.165, 1.54) is 0 Å². The zero-order chi connectivity index (χ0) is 19.6. The molecule has 2 aromatic carbocycles. The summed E-state index contributed by atoms with van der Waals surface area (Å²) in [5.74, 6) is -3.01. The zero-order valence-corrected chi connectivity index (χ0v) is 15.1. The van der Waals surface area contributed by atoms with Gasteiger partial charge in [0.1, 0.15) is 6.61 Å². The minimum atomic E-state index is -1.37. The van der Waals surface area contributed by atoms with Gasteiger partial charge in [0.2, 0.25) is 0 Å². The van der Waals surface area contributed by atoms with Crippen LogP contribution in [0.4, 0.5) is 4.79 Å². The Labute approximate surface area is 157 Å². The van der Waals surface area contributed by atoms with E-state index in [0.717, 1.165) is 19.8 Å². The van der Waals surface area contributed by atoms with Crippen LogP contribution in [0.25, 0.3) is 0 Å². The first-order valence-electron chi connectivity index (χ1n) is 8.24. The average molecular weight is 371 g/mol. The number of methoxy groups -OCH3 is 2. The van der Waals surface area contributed by atoms with Crippen LogP contribution < -0.4 is 5.32 Å². The van der Waals surface area contributed by atoms with Crippen LogP contribution in [0.2, 0.25) is 0 Å². The molecule has 0 bridgehead atoms. The van der Waals surface area contributed by atoms with Gasteiger partial charge in [0.25, 0.3) is 0 Å². The van der Waals surface area contributed by atoms with Crippen LogP contribution in [0.15, 0.2) is 60.7 Å². The predicted octanol–water partition coefficient (Wildman–Crippen LogP) is 2.62. The fourth-order valence-electron chi connectivity index (χ4n) is 2.53. The maximum Gasteiger partial charge on any atom is 0.407 e. The molecule has 142 valence electrons. The van der Waals surface area contributed by atoms with E-state index in [9.17, 15) is 14.4 Å². The van der Waals surface area contributed by atoms with Gasteiger partial charge in [-0.05, 0) is 11.1 Å². The Balaban J connectivity index is 2.20. The van der Waals surface area contributed by atoms with Crippen LogP contribution in [0, 0.1) is 5.92 Å². The molecule has 2 aromatic rings. The van der Waals surface area contributed by atoms with Crippen molar-refractivity contribution in [1.82, 2.24) is 5.32 Å². The molecule has 1 atom stereocenters. The highest BCUT2D eigenvalue weighted by molar-refractivity contribution is 5.96. The van der Waals surface area contributed by atoms with Gasteiger partial charge in [-0.1, -0.05) is 60.7 Å². The highest BCUT2D eigenvalue weighted by atomic mass is 16.6. The minimum absolute atomic E-state index is 0.0509. The average Bonchev–Trinajstić information content (AvgIpc) is 2.72. The maximum atomic E-state index is 12.3. The van der Waals surface area contributed by atoms with Gasteiger partial charge in [0.15, 0.2) is 5.92 Å². The molecule has 1 N–H and O–H groups in total. The molecule has 0 saturated carbocycles. The third-order valence-corrected chi connectivity index (χ3v) is 3.89. The molecule has 1 amide bonds. The number of alkyl carbamates (subject to hydrolysis) is 1. The second-order valence-electron chi connectivity index (χ2n) is 5.62. The lowest BCUT2D eigenvalue weighted by Crippen LogP contribution is -2.41. The molecule has 0 fully saturated rings. The van der Waals surface area contributed by atoms with Gasteiger partial charge in [-0.15, -0.1) is 0 Å². The van der Waals surface area contributed by atoms with Gasteiger partial charge < -0.3 is 19.5 Å². The molecule has 0 aromatic heterocycles. The van der Waals surface area contributed by atoms with E-state index in [1.807, 2.05) is 30.3 Å². The number of amides is 1. The van der Waals surface area contributed by atoms with Crippen molar-refractivity contribution in [2.75, 3.05) is 14.2 Å². The van der Waals surface area contributed by atoms with Crippen LogP contribution in [0.5, 0.6) is 0 Å². The summed E-state index contributed by atoms with van der Waals surface area (Å²) in [6, 6.07) is 16.7. The third-order valence-electron chi connectivity index (χ3n) is 3.89. The lowest BCUT2D eigenvalue weighted by molar-refractivity contribution is -0.160. The van der Waals surface area contributed by atoms with Crippen molar-refractivity contribution in [1.29, 1.82) is 0 Å². The molecule has 2 rings (SSSR count). The molecular weight excluding hydrogens is 350 g/mol. The van der Waals surface area contributed by atoms with Gasteiger partial charge in [-0.25, -0.2) is 4.79 Å². The number of nitrogens with one attached hydrogen (secondary N) is 1.